The zero-order valence-electron chi connectivity index (χ0n) is 11.9. The first-order valence-corrected chi connectivity index (χ1v) is 6.85. The third-order valence-corrected chi connectivity index (χ3v) is 3.08. The van der Waals surface area contributed by atoms with Crippen LogP contribution in [-0.4, -0.2) is 16.6 Å². The molecule has 1 heterocycles. The lowest BCUT2D eigenvalue weighted by Gasteiger charge is -2.10. The molecule has 1 aromatic carbocycles. The van der Waals surface area contributed by atoms with Gasteiger partial charge in [0.15, 0.2) is 0 Å². The van der Waals surface area contributed by atoms with Crippen LogP contribution in [0.4, 0.5) is 0 Å². The van der Waals surface area contributed by atoms with Crippen LogP contribution in [0.15, 0.2) is 30.5 Å². The minimum absolute atomic E-state index is 0.130. The first kappa shape index (κ1) is 14.4. The van der Waals surface area contributed by atoms with E-state index in [4.69, 9.17) is 10.6 Å². The zero-order valence-corrected chi connectivity index (χ0v) is 11.9. The molecule has 1 aromatic heterocycles. The maximum absolute atomic E-state index is 11.1. The van der Waals surface area contributed by atoms with Gasteiger partial charge in [0.2, 0.25) is 5.91 Å². The number of benzene rings is 1. The molecular formula is C15H21N3O2. The fourth-order valence-corrected chi connectivity index (χ4v) is 2.20. The molecular weight excluding hydrogens is 254 g/mol. The number of hydrazine groups is 1. The molecule has 1 amide bonds. The molecule has 0 aliphatic heterocycles. The van der Waals surface area contributed by atoms with E-state index < -0.39 is 0 Å². The third-order valence-electron chi connectivity index (χ3n) is 3.08. The van der Waals surface area contributed by atoms with Gasteiger partial charge in [-0.2, -0.15) is 0 Å². The van der Waals surface area contributed by atoms with Gasteiger partial charge in [-0.05, 0) is 44.5 Å². The van der Waals surface area contributed by atoms with E-state index in [9.17, 15) is 4.79 Å². The number of hydrogen-bond donors (Lipinski definition) is 2. The zero-order chi connectivity index (χ0) is 14.5. The lowest BCUT2D eigenvalue weighted by molar-refractivity contribution is -0.121. The van der Waals surface area contributed by atoms with Crippen LogP contribution in [0.1, 0.15) is 26.7 Å². The van der Waals surface area contributed by atoms with Gasteiger partial charge < -0.3 is 9.30 Å². The van der Waals surface area contributed by atoms with Crippen molar-refractivity contribution in [1.29, 1.82) is 0 Å². The topological polar surface area (TPSA) is 69.3 Å². The SMILES string of the molecule is CC(C)Oc1ccc2c(ccn2CCCC(=O)NN)c1. The van der Waals surface area contributed by atoms with E-state index in [2.05, 4.69) is 22.1 Å². The van der Waals surface area contributed by atoms with Gasteiger partial charge in [-0.3, -0.25) is 10.2 Å². The Hall–Kier alpha value is -2.01. The molecule has 108 valence electrons. The highest BCUT2D eigenvalue weighted by atomic mass is 16.5. The molecule has 0 aliphatic carbocycles. The van der Waals surface area contributed by atoms with E-state index in [-0.39, 0.29) is 12.0 Å². The Morgan fingerprint density at radius 2 is 2.20 bits per heavy atom. The smallest absolute Gasteiger partial charge is 0.233 e. The van der Waals surface area contributed by atoms with Crippen LogP contribution in [0, 0.1) is 0 Å². The maximum Gasteiger partial charge on any atom is 0.233 e. The van der Waals surface area contributed by atoms with Crippen LogP contribution in [-0.2, 0) is 11.3 Å². The molecule has 2 rings (SSSR count). The number of fused-ring (bicyclic) bond motifs is 1. The molecule has 0 spiro atoms. The normalized spacial score (nSPS) is 11.0. The monoisotopic (exact) mass is 275 g/mol. The number of nitrogens with zero attached hydrogens (tertiary/aromatic N) is 1. The summed E-state index contributed by atoms with van der Waals surface area (Å²) >= 11 is 0. The van der Waals surface area contributed by atoms with Crippen LogP contribution in [0.2, 0.25) is 0 Å². The number of carbonyl (C=O) groups is 1. The summed E-state index contributed by atoms with van der Waals surface area (Å²) in [5, 5.41) is 1.14. The minimum Gasteiger partial charge on any atom is -0.491 e. The number of hydrogen-bond acceptors (Lipinski definition) is 3. The summed E-state index contributed by atoms with van der Waals surface area (Å²) in [7, 11) is 0. The number of rotatable bonds is 6. The number of carbonyl (C=O) groups excluding carboxylic acids is 1. The Kier molecular flexibility index (Phi) is 4.63. The fraction of sp³-hybridized carbons (Fsp3) is 0.400. The lowest BCUT2D eigenvalue weighted by atomic mass is 10.2. The molecule has 0 bridgehead atoms. The Balaban J connectivity index is 2.06. The van der Waals surface area contributed by atoms with Crippen molar-refractivity contribution in [2.24, 2.45) is 5.84 Å². The summed E-state index contributed by atoms with van der Waals surface area (Å²) in [6.07, 6.45) is 3.40. The van der Waals surface area contributed by atoms with Crippen LogP contribution in [0.3, 0.4) is 0 Å². The van der Waals surface area contributed by atoms with Gasteiger partial charge in [-0.1, -0.05) is 0 Å². The summed E-state index contributed by atoms with van der Waals surface area (Å²) in [5.41, 5.74) is 3.29. The molecule has 0 unspecified atom stereocenters. The molecule has 5 nitrogen and oxygen atoms in total. The molecule has 0 saturated carbocycles. The number of aromatic nitrogens is 1. The van der Waals surface area contributed by atoms with E-state index in [0.717, 1.165) is 29.6 Å². The van der Waals surface area contributed by atoms with E-state index >= 15 is 0 Å². The number of amides is 1. The average Bonchev–Trinajstić information content (AvgIpc) is 2.80. The van der Waals surface area contributed by atoms with Gasteiger partial charge >= 0.3 is 0 Å². The van der Waals surface area contributed by atoms with Crippen molar-refractivity contribution in [3.8, 4) is 5.75 Å². The highest BCUT2D eigenvalue weighted by Gasteiger charge is 2.05. The van der Waals surface area contributed by atoms with E-state index in [1.54, 1.807) is 0 Å². The van der Waals surface area contributed by atoms with Gasteiger partial charge in [0.25, 0.3) is 0 Å². The molecule has 20 heavy (non-hydrogen) atoms. The second kappa shape index (κ2) is 6.43. The highest BCUT2D eigenvalue weighted by Crippen LogP contribution is 2.23. The van der Waals surface area contributed by atoms with Gasteiger partial charge in [-0.25, -0.2) is 5.84 Å². The predicted octanol–water partition coefficient (Wildman–Crippen LogP) is 2.20. The molecule has 0 saturated heterocycles. The molecule has 0 fully saturated rings. The first-order chi connectivity index (χ1) is 9.60. The maximum atomic E-state index is 11.1. The van der Waals surface area contributed by atoms with Crippen molar-refractivity contribution in [3.05, 3.63) is 30.5 Å². The van der Waals surface area contributed by atoms with Crippen molar-refractivity contribution in [1.82, 2.24) is 9.99 Å². The standard InChI is InChI=1S/C15H21N3O2/c1-11(2)20-13-5-6-14-12(10-13)7-9-18(14)8-3-4-15(19)17-16/h5-7,9-11H,3-4,8,16H2,1-2H3,(H,17,19). The Labute approximate surface area is 118 Å². The minimum atomic E-state index is -0.130. The number of ether oxygens (including phenoxy) is 1. The number of aryl methyl sites for hydroxylation is 1. The summed E-state index contributed by atoms with van der Waals surface area (Å²) in [6, 6.07) is 8.13. The quantitative estimate of drug-likeness (QED) is 0.482. The Morgan fingerprint density at radius 3 is 2.90 bits per heavy atom. The van der Waals surface area contributed by atoms with Gasteiger partial charge in [-0.15, -0.1) is 0 Å². The number of nitrogens with two attached hydrogens (primary N) is 1. The van der Waals surface area contributed by atoms with Crippen LogP contribution < -0.4 is 16.0 Å². The molecule has 0 atom stereocenters. The summed E-state index contributed by atoms with van der Waals surface area (Å²) in [4.78, 5) is 11.1. The Bertz CT molecular complexity index is 590. The molecule has 0 aliphatic rings. The highest BCUT2D eigenvalue weighted by molar-refractivity contribution is 5.81. The van der Waals surface area contributed by atoms with Gasteiger partial charge in [0.05, 0.1) is 6.10 Å². The van der Waals surface area contributed by atoms with Crippen molar-refractivity contribution in [2.45, 2.75) is 39.3 Å². The Morgan fingerprint density at radius 1 is 1.40 bits per heavy atom. The number of nitrogens with one attached hydrogen (secondary N) is 1. The van der Waals surface area contributed by atoms with Crippen LogP contribution in [0.5, 0.6) is 5.75 Å². The second-order valence-corrected chi connectivity index (χ2v) is 5.07. The fourth-order valence-electron chi connectivity index (χ4n) is 2.20. The van der Waals surface area contributed by atoms with Crippen LogP contribution in [0.25, 0.3) is 10.9 Å². The van der Waals surface area contributed by atoms with E-state index in [1.807, 2.05) is 32.2 Å². The van der Waals surface area contributed by atoms with Crippen molar-refractivity contribution >= 4 is 16.8 Å². The molecule has 2 aromatic rings. The van der Waals surface area contributed by atoms with E-state index in [1.165, 1.54) is 0 Å². The summed E-state index contributed by atoms with van der Waals surface area (Å²) < 4.78 is 7.82. The van der Waals surface area contributed by atoms with Gasteiger partial charge in [0, 0.05) is 30.1 Å². The molecule has 5 heteroatoms. The van der Waals surface area contributed by atoms with Gasteiger partial charge in [0.1, 0.15) is 5.75 Å². The summed E-state index contributed by atoms with van der Waals surface area (Å²) in [6.45, 7) is 4.82. The van der Waals surface area contributed by atoms with E-state index in [0.29, 0.717) is 6.42 Å². The molecule has 3 N–H and O–H groups in total. The largest absolute Gasteiger partial charge is 0.491 e. The van der Waals surface area contributed by atoms with Crippen molar-refractivity contribution in [2.75, 3.05) is 0 Å². The van der Waals surface area contributed by atoms with Crippen LogP contribution >= 0.6 is 0 Å². The molecule has 0 radical (unpaired) electrons. The van der Waals surface area contributed by atoms with Crippen molar-refractivity contribution in [3.63, 3.8) is 0 Å². The average molecular weight is 275 g/mol. The predicted molar refractivity (Wildman–Crippen MR) is 79.3 cm³/mol. The van der Waals surface area contributed by atoms with Crippen molar-refractivity contribution < 1.29 is 9.53 Å². The summed E-state index contributed by atoms with van der Waals surface area (Å²) in [5.74, 6) is 5.81. The lowest BCUT2D eigenvalue weighted by Crippen LogP contribution is -2.29. The first-order valence-electron chi connectivity index (χ1n) is 6.85. The third kappa shape index (κ3) is 3.51. The second-order valence-electron chi connectivity index (χ2n) is 5.07.